The normalized spacial score (nSPS) is 10.9. The number of esters is 1. The lowest BCUT2D eigenvalue weighted by molar-refractivity contribution is 0.0532. The van der Waals surface area contributed by atoms with Crippen molar-refractivity contribution in [1.82, 2.24) is 9.55 Å². The van der Waals surface area contributed by atoms with Crippen LogP contribution in [0.25, 0.3) is 21.8 Å². The molecule has 5 aromatic rings. The van der Waals surface area contributed by atoms with Crippen LogP contribution < -0.4 is 10.3 Å². The number of rotatable bonds is 10. The summed E-state index contributed by atoms with van der Waals surface area (Å²) < 4.78 is 27.9. The van der Waals surface area contributed by atoms with E-state index in [9.17, 15) is 9.59 Å². The number of aromatic nitrogens is 2. The molecule has 8 heteroatoms. The molecule has 208 valence electrons. The number of hydrogen-bond donors (Lipinski definition) is 0. The van der Waals surface area contributed by atoms with Gasteiger partial charge in [-0.25, -0.2) is 14.2 Å². The van der Waals surface area contributed by atoms with Gasteiger partial charge < -0.3 is 9.47 Å². The Hall–Kier alpha value is -4.56. The Balaban J connectivity index is 1.61. The molecule has 2 heterocycles. The first kappa shape index (κ1) is 28.0. The Labute approximate surface area is 241 Å². The van der Waals surface area contributed by atoms with E-state index in [4.69, 9.17) is 14.5 Å². The molecule has 0 saturated carbocycles. The molecule has 0 N–H and O–H groups in total. The lowest BCUT2D eigenvalue weighted by Crippen LogP contribution is -2.27. The highest BCUT2D eigenvalue weighted by atomic mass is 32.1. The molecule has 0 radical (unpaired) electrons. The van der Waals surface area contributed by atoms with E-state index in [1.54, 1.807) is 42.7 Å². The highest BCUT2D eigenvalue weighted by molar-refractivity contribution is 7.17. The lowest BCUT2D eigenvalue weighted by Gasteiger charge is -2.18. The van der Waals surface area contributed by atoms with Crippen LogP contribution in [0, 0.1) is 12.7 Å². The average molecular weight is 569 g/mol. The Kier molecular flexibility index (Phi) is 8.70. The van der Waals surface area contributed by atoms with E-state index >= 15 is 4.39 Å². The van der Waals surface area contributed by atoms with Crippen molar-refractivity contribution in [1.29, 1.82) is 0 Å². The quantitative estimate of drug-likeness (QED) is 0.168. The molecule has 0 spiro atoms. The highest BCUT2D eigenvalue weighted by Gasteiger charge is 2.23. The van der Waals surface area contributed by atoms with Crippen molar-refractivity contribution in [3.63, 3.8) is 0 Å². The average Bonchev–Trinajstić information content (AvgIpc) is 3.47. The van der Waals surface area contributed by atoms with Gasteiger partial charge in [-0.05, 0) is 55.7 Å². The molecule has 0 fully saturated rings. The van der Waals surface area contributed by atoms with Crippen LogP contribution in [-0.4, -0.2) is 22.1 Å². The molecular formula is C33H29FN2O4S. The summed E-state index contributed by atoms with van der Waals surface area (Å²) in [6, 6.07) is 27.3. The molecule has 6 nitrogen and oxygen atoms in total. The smallest absolute Gasteiger partial charge is 0.348 e. The van der Waals surface area contributed by atoms with E-state index in [0.29, 0.717) is 45.4 Å². The fourth-order valence-electron chi connectivity index (χ4n) is 4.59. The second-order valence-corrected chi connectivity index (χ2v) is 10.4. The number of carbonyl (C=O) groups is 1. The molecule has 41 heavy (non-hydrogen) atoms. The molecule has 0 bridgehead atoms. The van der Waals surface area contributed by atoms with Crippen LogP contribution in [-0.2, 0) is 24.3 Å². The standard InChI is InChI=1S/C33H29FN2O4S/c1-3-39-33(38)28-18-17-27(41-28)29-22(2)35-31(36(32(29)37)20-19-23-11-6-4-7-12-23)25-15-10-16-26(34)30(25)40-21-24-13-8-5-9-14-24/h4-18H,3,19-21H2,1-2H3. The maximum atomic E-state index is 15.2. The number of carbonyl (C=O) groups excluding carboxylic acids is 1. The summed E-state index contributed by atoms with van der Waals surface area (Å²) in [5.74, 6) is -0.627. The van der Waals surface area contributed by atoms with Gasteiger partial charge in [0.05, 0.1) is 23.4 Å². The first-order valence-corrected chi connectivity index (χ1v) is 14.2. The van der Waals surface area contributed by atoms with Crippen LogP contribution in [0.15, 0.2) is 95.8 Å². The second-order valence-electron chi connectivity index (χ2n) is 9.36. The molecule has 5 rings (SSSR count). The fourth-order valence-corrected chi connectivity index (χ4v) is 5.58. The molecule has 0 unspecified atom stereocenters. The summed E-state index contributed by atoms with van der Waals surface area (Å²) in [4.78, 5) is 32.3. The molecule has 0 aliphatic heterocycles. The number of thiophene rings is 1. The van der Waals surface area contributed by atoms with Gasteiger partial charge in [-0.15, -0.1) is 11.3 Å². The SMILES string of the molecule is CCOC(=O)c1ccc(-c2c(C)nc(-c3cccc(F)c3OCc3ccccc3)n(CCc3ccccc3)c2=O)s1. The largest absolute Gasteiger partial charge is 0.485 e. The number of aryl methyl sites for hydroxylation is 2. The highest BCUT2D eigenvalue weighted by Crippen LogP contribution is 2.34. The number of para-hydroxylation sites is 1. The molecule has 3 aromatic carbocycles. The zero-order valence-corrected chi connectivity index (χ0v) is 23.6. The zero-order valence-electron chi connectivity index (χ0n) is 22.8. The van der Waals surface area contributed by atoms with Gasteiger partial charge >= 0.3 is 5.97 Å². The third kappa shape index (κ3) is 6.28. The summed E-state index contributed by atoms with van der Waals surface area (Å²) >= 11 is 1.19. The molecule has 0 atom stereocenters. The molecule has 0 aliphatic carbocycles. The minimum absolute atomic E-state index is 0.0320. The summed E-state index contributed by atoms with van der Waals surface area (Å²) in [5, 5.41) is 0. The van der Waals surface area contributed by atoms with Crippen molar-refractivity contribution in [3.8, 4) is 27.6 Å². The summed E-state index contributed by atoms with van der Waals surface area (Å²) in [7, 11) is 0. The molecule has 0 saturated heterocycles. The number of halogens is 1. The van der Waals surface area contributed by atoms with E-state index in [2.05, 4.69) is 0 Å². The minimum atomic E-state index is -0.540. The van der Waals surface area contributed by atoms with Crippen molar-refractivity contribution in [2.45, 2.75) is 33.4 Å². The van der Waals surface area contributed by atoms with Crippen LogP contribution in [0.3, 0.4) is 0 Å². The predicted octanol–water partition coefficient (Wildman–Crippen LogP) is 7.08. The van der Waals surface area contributed by atoms with Crippen LogP contribution in [0.2, 0.25) is 0 Å². The topological polar surface area (TPSA) is 70.4 Å². The van der Waals surface area contributed by atoms with Crippen molar-refractivity contribution < 1.29 is 18.7 Å². The predicted molar refractivity (Wildman–Crippen MR) is 159 cm³/mol. The monoisotopic (exact) mass is 568 g/mol. The van der Waals surface area contributed by atoms with Gasteiger partial charge in [0.15, 0.2) is 11.6 Å². The van der Waals surface area contributed by atoms with Crippen LogP contribution in [0.5, 0.6) is 5.75 Å². The van der Waals surface area contributed by atoms with E-state index in [-0.39, 0.29) is 24.5 Å². The van der Waals surface area contributed by atoms with Crippen molar-refractivity contribution in [3.05, 3.63) is 129 Å². The second kappa shape index (κ2) is 12.7. The van der Waals surface area contributed by atoms with Crippen LogP contribution in [0.4, 0.5) is 4.39 Å². The van der Waals surface area contributed by atoms with Gasteiger partial charge in [0.1, 0.15) is 17.3 Å². The number of ether oxygens (including phenoxy) is 2. The van der Waals surface area contributed by atoms with Gasteiger partial charge in [0.2, 0.25) is 0 Å². The van der Waals surface area contributed by atoms with E-state index in [0.717, 1.165) is 11.1 Å². The lowest BCUT2D eigenvalue weighted by atomic mass is 10.1. The maximum absolute atomic E-state index is 15.2. The third-order valence-corrected chi connectivity index (χ3v) is 7.66. The first-order chi connectivity index (χ1) is 20.0. The molecular weight excluding hydrogens is 539 g/mol. The minimum Gasteiger partial charge on any atom is -0.485 e. The Morgan fingerprint density at radius 1 is 0.927 bits per heavy atom. The van der Waals surface area contributed by atoms with Crippen molar-refractivity contribution >= 4 is 17.3 Å². The molecule has 0 amide bonds. The molecule has 0 aliphatic rings. The summed E-state index contributed by atoms with van der Waals surface area (Å²) in [6.45, 7) is 4.22. The Bertz CT molecular complexity index is 1720. The van der Waals surface area contributed by atoms with E-state index in [1.807, 2.05) is 60.7 Å². The Morgan fingerprint density at radius 3 is 2.34 bits per heavy atom. The number of nitrogens with zero attached hydrogens (tertiary/aromatic N) is 2. The van der Waals surface area contributed by atoms with Crippen LogP contribution in [0.1, 0.15) is 33.4 Å². The zero-order chi connectivity index (χ0) is 28.8. The third-order valence-electron chi connectivity index (χ3n) is 6.58. The summed E-state index contributed by atoms with van der Waals surface area (Å²) in [6.07, 6.45) is 0.561. The number of hydrogen-bond acceptors (Lipinski definition) is 6. The van der Waals surface area contributed by atoms with E-state index < -0.39 is 11.8 Å². The molecule has 2 aromatic heterocycles. The van der Waals surface area contributed by atoms with Crippen molar-refractivity contribution in [2.24, 2.45) is 0 Å². The van der Waals surface area contributed by atoms with Gasteiger partial charge in [0, 0.05) is 11.4 Å². The van der Waals surface area contributed by atoms with Crippen molar-refractivity contribution in [2.75, 3.05) is 6.61 Å². The fraction of sp³-hybridized carbons (Fsp3) is 0.182. The van der Waals surface area contributed by atoms with Gasteiger partial charge in [-0.3, -0.25) is 9.36 Å². The summed E-state index contributed by atoms with van der Waals surface area (Å²) in [5.41, 5.74) is 2.91. The Morgan fingerprint density at radius 2 is 1.63 bits per heavy atom. The van der Waals surface area contributed by atoms with Crippen LogP contribution >= 0.6 is 11.3 Å². The first-order valence-electron chi connectivity index (χ1n) is 13.3. The number of benzene rings is 3. The maximum Gasteiger partial charge on any atom is 0.348 e. The van der Waals surface area contributed by atoms with Gasteiger partial charge in [0.25, 0.3) is 5.56 Å². The van der Waals surface area contributed by atoms with Gasteiger partial charge in [-0.1, -0.05) is 66.7 Å². The van der Waals surface area contributed by atoms with E-state index in [1.165, 1.54) is 17.4 Å². The van der Waals surface area contributed by atoms with Gasteiger partial charge in [-0.2, -0.15) is 0 Å².